The minimum Gasteiger partial charge on any atom is -0.478 e. The van der Waals surface area contributed by atoms with Crippen LogP contribution in [0.3, 0.4) is 0 Å². The van der Waals surface area contributed by atoms with Gasteiger partial charge in [-0.3, -0.25) is 9.10 Å². The molecule has 0 N–H and O–H groups in total. The minimum atomic E-state index is -5.03. The van der Waals surface area contributed by atoms with Crippen LogP contribution in [-0.4, -0.2) is 27.7 Å². The lowest BCUT2D eigenvalue weighted by atomic mass is 10.0. The second kappa shape index (κ2) is 9.63. The number of carbonyl (C=O) groups excluding carboxylic acids is 1. The highest BCUT2D eigenvalue weighted by Crippen LogP contribution is 2.37. The molecule has 0 spiro atoms. The fraction of sp³-hybridized carbons (Fsp3) is 0.500. The van der Waals surface area contributed by atoms with Crippen molar-refractivity contribution in [2.24, 2.45) is 0 Å². The van der Waals surface area contributed by atoms with E-state index in [4.69, 9.17) is 17.0 Å². The van der Waals surface area contributed by atoms with Gasteiger partial charge in [-0.15, -0.1) is 0 Å². The van der Waals surface area contributed by atoms with E-state index in [-0.39, 0.29) is 23.6 Å². The van der Waals surface area contributed by atoms with Crippen molar-refractivity contribution in [3.63, 3.8) is 0 Å². The van der Waals surface area contributed by atoms with E-state index in [0.717, 1.165) is 4.31 Å². The molecule has 3 nitrogen and oxygen atoms in total. The van der Waals surface area contributed by atoms with Gasteiger partial charge in [0.2, 0.25) is 4.38 Å². The van der Waals surface area contributed by atoms with Crippen LogP contribution in [0, 0.1) is 0 Å². The lowest BCUT2D eigenvalue weighted by molar-refractivity contribution is -0.143. The smallest absolute Gasteiger partial charge is 0.416 e. The van der Waals surface area contributed by atoms with Gasteiger partial charge in [0.05, 0.1) is 17.7 Å². The molecule has 0 aliphatic carbocycles. The van der Waals surface area contributed by atoms with Crippen molar-refractivity contribution in [1.29, 1.82) is 0 Å². The molecule has 0 saturated carbocycles. The molecular weight excluding hydrogens is 416 g/mol. The minimum absolute atomic E-state index is 0.0227. The van der Waals surface area contributed by atoms with Gasteiger partial charge < -0.3 is 4.74 Å². The van der Waals surface area contributed by atoms with Crippen molar-refractivity contribution in [2.75, 3.05) is 13.2 Å². The van der Waals surface area contributed by atoms with E-state index in [0.29, 0.717) is 36.9 Å². The first-order chi connectivity index (χ1) is 12.4. The second-order valence-corrected chi connectivity index (χ2v) is 6.95. The Bertz CT molecular complexity index is 644. The molecule has 0 bridgehead atoms. The number of benzene rings is 1. The van der Waals surface area contributed by atoms with E-state index in [2.05, 4.69) is 0 Å². The van der Waals surface area contributed by atoms with Gasteiger partial charge in [-0.25, -0.2) is 0 Å². The number of hydrogen-bond acceptors (Lipinski definition) is 4. The molecule has 0 heterocycles. The maximum atomic E-state index is 13.0. The van der Waals surface area contributed by atoms with Crippen molar-refractivity contribution in [2.45, 2.75) is 39.0 Å². The van der Waals surface area contributed by atoms with Crippen LogP contribution in [-0.2, 0) is 17.1 Å². The van der Waals surface area contributed by atoms with Crippen LogP contribution >= 0.6 is 24.2 Å². The first-order valence-corrected chi connectivity index (χ1v) is 9.04. The molecule has 0 fully saturated rings. The van der Waals surface area contributed by atoms with Gasteiger partial charge in [0.15, 0.2) is 0 Å². The third-order valence-electron chi connectivity index (χ3n) is 3.22. The lowest BCUT2D eigenvalue weighted by Crippen LogP contribution is -2.28. The molecule has 0 aliphatic rings. The Hall–Kier alpha value is -1.49. The lowest BCUT2D eigenvalue weighted by Gasteiger charge is -2.22. The molecule has 1 amide bonds. The zero-order valence-corrected chi connectivity index (χ0v) is 16.0. The molecule has 1 aromatic carbocycles. The molecule has 27 heavy (non-hydrogen) atoms. The Morgan fingerprint density at radius 3 is 2.00 bits per heavy atom. The summed E-state index contributed by atoms with van der Waals surface area (Å²) in [4.78, 5) is 12.6. The van der Waals surface area contributed by atoms with Crippen molar-refractivity contribution in [3.05, 3.63) is 34.9 Å². The normalized spacial score (nSPS) is 12.0. The average Bonchev–Trinajstić information content (AvgIpc) is 2.56. The summed E-state index contributed by atoms with van der Waals surface area (Å²) in [6.45, 7) is 3.77. The molecule has 0 unspecified atom stereocenters. The Morgan fingerprint density at radius 1 is 1.07 bits per heavy atom. The number of hydrogen-bond donors (Lipinski definition) is 0. The largest absolute Gasteiger partial charge is 0.478 e. The van der Waals surface area contributed by atoms with E-state index >= 15 is 0 Å². The summed E-state index contributed by atoms with van der Waals surface area (Å²) in [5, 5.41) is 0. The monoisotopic (exact) mass is 433 g/mol. The first-order valence-electron chi connectivity index (χ1n) is 7.86. The molecule has 1 aromatic rings. The zero-order chi connectivity index (χ0) is 20.8. The summed E-state index contributed by atoms with van der Waals surface area (Å²) in [6.07, 6.45) is -8.92. The third-order valence-corrected chi connectivity index (χ3v) is 4.40. The number of ether oxygens (including phenoxy) is 1. The molecule has 0 aromatic heterocycles. The van der Waals surface area contributed by atoms with Gasteiger partial charge >= 0.3 is 12.4 Å². The predicted molar refractivity (Wildman–Crippen MR) is 94.2 cm³/mol. The number of amides is 1. The highest BCUT2D eigenvalue weighted by atomic mass is 32.2. The van der Waals surface area contributed by atoms with E-state index in [9.17, 15) is 31.1 Å². The fourth-order valence-corrected chi connectivity index (χ4v) is 3.09. The van der Waals surface area contributed by atoms with Gasteiger partial charge in [0.1, 0.15) is 0 Å². The SMILES string of the molecule is CCCCN(SC(=S)OCC)C(=O)c1cc(C(F)(F)F)cc(C(F)(F)F)c1. The maximum absolute atomic E-state index is 13.0. The number of thiocarbonyl (C=S) groups is 1. The van der Waals surface area contributed by atoms with Gasteiger partial charge in [0, 0.05) is 24.1 Å². The van der Waals surface area contributed by atoms with Gasteiger partial charge in [-0.1, -0.05) is 13.3 Å². The molecule has 0 saturated heterocycles. The van der Waals surface area contributed by atoms with Crippen molar-refractivity contribution in [1.82, 2.24) is 4.31 Å². The standard InChI is InChI=1S/C16H17F6NO2S2/c1-3-5-6-23(27-14(26)25-4-2)13(24)10-7-11(15(17,18)19)9-12(8-10)16(20,21)22/h7-9H,3-6H2,1-2H3. The van der Waals surface area contributed by atoms with E-state index in [1.54, 1.807) is 6.92 Å². The van der Waals surface area contributed by atoms with Gasteiger partial charge in [-0.05, 0) is 43.8 Å². The summed E-state index contributed by atoms with van der Waals surface area (Å²) in [6, 6.07) is 0.784. The number of unbranched alkanes of at least 4 members (excludes halogenated alkanes) is 1. The maximum Gasteiger partial charge on any atom is 0.416 e. The van der Waals surface area contributed by atoms with Crippen molar-refractivity contribution < 1.29 is 35.9 Å². The van der Waals surface area contributed by atoms with E-state index in [1.165, 1.54) is 0 Å². The zero-order valence-electron chi connectivity index (χ0n) is 14.4. The van der Waals surface area contributed by atoms with E-state index < -0.39 is 35.0 Å². The van der Waals surface area contributed by atoms with Gasteiger partial charge in [0.25, 0.3) is 5.91 Å². The second-order valence-electron chi connectivity index (χ2n) is 5.33. The quantitative estimate of drug-likeness (QED) is 0.327. The van der Waals surface area contributed by atoms with Crippen LogP contribution in [0.2, 0.25) is 0 Å². The molecule has 0 radical (unpaired) electrons. The fourth-order valence-electron chi connectivity index (χ4n) is 1.95. The Labute approximate surface area is 162 Å². The van der Waals surface area contributed by atoms with Crippen LogP contribution in [0.5, 0.6) is 0 Å². The molecule has 0 atom stereocenters. The number of nitrogens with zero attached hydrogens (tertiary/aromatic N) is 1. The topological polar surface area (TPSA) is 29.5 Å². The van der Waals surface area contributed by atoms with Crippen molar-refractivity contribution in [3.8, 4) is 0 Å². The highest BCUT2D eigenvalue weighted by Gasteiger charge is 2.38. The first kappa shape index (κ1) is 23.5. The Balaban J connectivity index is 3.32. The number of alkyl halides is 6. The molecular formula is C16H17F6NO2S2. The van der Waals surface area contributed by atoms with Crippen LogP contribution in [0.1, 0.15) is 48.2 Å². The highest BCUT2D eigenvalue weighted by molar-refractivity contribution is 8.21. The third kappa shape index (κ3) is 7.21. The van der Waals surface area contributed by atoms with Crippen molar-refractivity contribution >= 4 is 34.5 Å². The van der Waals surface area contributed by atoms with Crippen LogP contribution in [0.4, 0.5) is 26.3 Å². The van der Waals surface area contributed by atoms with Crippen LogP contribution < -0.4 is 0 Å². The molecule has 152 valence electrons. The molecule has 11 heteroatoms. The summed E-state index contributed by atoms with van der Waals surface area (Å²) in [5.41, 5.74) is -3.82. The number of carbonyl (C=O) groups is 1. The number of halogens is 6. The van der Waals surface area contributed by atoms with Crippen LogP contribution in [0.15, 0.2) is 18.2 Å². The Kier molecular flexibility index (Phi) is 8.40. The van der Waals surface area contributed by atoms with Gasteiger partial charge in [-0.2, -0.15) is 26.3 Å². The summed E-state index contributed by atoms with van der Waals surface area (Å²) >= 11 is 5.58. The number of rotatable bonds is 5. The predicted octanol–water partition coefficient (Wildman–Crippen LogP) is 5.94. The average molecular weight is 433 g/mol. The summed E-state index contributed by atoms with van der Waals surface area (Å²) in [5.74, 6) is -1.01. The summed E-state index contributed by atoms with van der Waals surface area (Å²) < 4.78 is 83.8. The molecule has 0 aliphatic heterocycles. The van der Waals surface area contributed by atoms with E-state index in [1.807, 2.05) is 6.92 Å². The van der Waals surface area contributed by atoms with Crippen LogP contribution in [0.25, 0.3) is 0 Å². The Morgan fingerprint density at radius 2 is 1.59 bits per heavy atom. The summed E-state index contributed by atoms with van der Waals surface area (Å²) in [7, 11) is 0. The molecule has 1 rings (SSSR count).